The van der Waals surface area contributed by atoms with Gasteiger partial charge in [-0.15, -0.1) is 0 Å². The second kappa shape index (κ2) is 4.48. The first-order valence-corrected chi connectivity index (χ1v) is 4.56. The lowest BCUT2D eigenvalue weighted by atomic mass is 10.3. The van der Waals surface area contributed by atoms with Crippen LogP contribution in [0, 0.1) is 0 Å². The molecule has 16 heavy (non-hydrogen) atoms. The molecule has 0 N–H and O–H groups in total. The van der Waals surface area contributed by atoms with E-state index in [4.69, 9.17) is 9.47 Å². The van der Waals surface area contributed by atoms with Crippen molar-refractivity contribution in [2.45, 2.75) is 0 Å². The molecule has 0 bridgehead atoms. The van der Waals surface area contributed by atoms with Crippen LogP contribution in [0.1, 0.15) is 10.5 Å². The Morgan fingerprint density at radius 1 is 1.19 bits per heavy atom. The van der Waals surface area contributed by atoms with E-state index in [0.29, 0.717) is 11.5 Å². The van der Waals surface area contributed by atoms with Gasteiger partial charge >= 0.3 is 5.97 Å². The number of rotatable bonds is 3. The molecule has 82 valence electrons. The third-order valence-electron chi connectivity index (χ3n) is 1.92. The van der Waals surface area contributed by atoms with Crippen LogP contribution in [0.15, 0.2) is 41.1 Å². The summed E-state index contributed by atoms with van der Waals surface area (Å²) in [6.07, 6.45) is 1.31. The Balaban J connectivity index is 2.06. The van der Waals surface area contributed by atoms with Crippen molar-refractivity contribution in [2.75, 3.05) is 7.11 Å². The van der Waals surface area contributed by atoms with Gasteiger partial charge < -0.3 is 14.0 Å². The number of aromatic nitrogens is 1. The van der Waals surface area contributed by atoms with Crippen molar-refractivity contribution >= 4 is 5.97 Å². The van der Waals surface area contributed by atoms with Crippen molar-refractivity contribution in [3.8, 4) is 11.5 Å². The molecule has 0 spiro atoms. The minimum atomic E-state index is -0.557. The van der Waals surface area contributed by atoms with Crippen LogP contribution < -0.4 is 9.47 Å². The largest absolute Gasteiger partial charge is 0.497 e. The Hall–Kier alpha value is -2.30. The van der Waals surface area contributed by atoms with Gasteiger partial charge in [-0.3, -0.25) is 0 Å². The fraction of sp³-hybridized carbons (Fsp3) is 0.0909. The van der Waals surface area contributed by atoms with Crippen molar-refractivity contribution in [3.05, 3.63) is 42.3 Å². The molecule has 1 aromatic carbocycles. The van der Waals surface area contributed by atoms with Crippen LogP contribution in [0.4, 0.5) is 0 Å². The van der Waals surface area contributed by atoms with Crippen LogP contribution in [0.3, 0.4) is 0 Å². The molecule has 2 rings (SSSR count). The molecule has 0 aliphatic heterocycles. The predicted octanol–water partition coefficient (Wildman–Crippen LogP) is 1.90. The van der Waals surface area contributed by atoms with Crippen LogP contribution in [0.2, 0.25) is 0 Å². The fourth-order valence-corrected chi connectivity index (χ4v) is 1.12. The highest BCUT2D eigenvalue weighted by molar-refractivity contribution is 5.88. The van der Waals surface area contributed by atoms with Gasteiger partial charge in [-0.1, -0.05) is 5.16 Å². The minimum absolute atomic E-state index is 0.135. The van der Waals surface area contributed by atoms with Crippen LogP contribution in [0.25, 0.3) is 0 Å². The van der Waals surface area contributed by atoms with Gasteiger partial charge in [0, 0.05) is 6.07 Å². The van der Waals surface area contributed by atoms with E-state index < -0.39 is 5.97 Å². The number of nitrogens with zero attached hydrogens (tertiary/aromatic N) is 1. The first-order chi connectivity index (χ1) is 7.79. The third-order valence-corrected chi connectivity index (χ3v) is 1.92. The van der Waals surface area contributed by atoms with E-state index in [2.05, 4.69) is 9.68 Å². The molecule has 0 fully saturated rings. The highest BCUT2D eigenvalue weighted by Crippen LogP contribution is 2.17. The number of benzene rings is 1. The fourth-order valence-electron chi connectivity index (χ4n) is 1.12. The molecule has 0 aliphatic carbocycles. The van der Waals surface area contributed by atoms with Gasteiger partial charge in [0.1, 0.15) is 17.8 Å². The Morgan fingerprint density at radius 3 is 2.44 bits per heavy atom. The van der Waals surface area contributed by atoms with Crippen molar-refractivity contribution in [3.63, 3.8) is 0 Å². The zero-order valence-corrected chi connectivity index (χ0v) is 8.54. The first kappa shape index (κ1) is 10.2. The second-order valence-electron chi connectivity index (χ2n) is 2.95. The number of carbonyl (C=O) groups is 1. The van der Waals surface area contributed by atoms with Gasteiger partial charge in [0.15, 0.2) is 5.69 Å². The lowest BCUT2D eigenvalue weighted by Crippen LogP contribution is -2.08. The predicted molar refractivity (Wildman–Crippen MR) is 54.5 cm³/mol. The van der Waals surface area contributed by atoms with Gasteiger partial charge in [0.25, 0.3) is 0 Å². The van der Waals surface area contributed by atoms with Gasteiger partial charge in [0.2, 0.25) is 0 Å². The molecule has 0 atom stereocenters. The van der Waals surface area contributed by atoms with E-state index in [9.17, 15) is 4.79 Å². The molecule has 0 aliphatic rings. The number of hydrogen-bond donors (Lipinski definition) is 0. The van der Waals surface area contributed by atoms with Crippen LogP contribution in [-0.2, 0) is 0 Å². The highest BCUT2D eigenvalue weighted by Gasteiger charge is 2.11. The van der Waals surface area contributed by atoms with Crippen molar-refractivity contribution < 1.29 is 18.8 Å². The van der Waals surface area contributed by atoms with Crippen LogP contribution >= 0.6 is 0 Å². The molecule has 2 aromatic rings. The molecule has 0 radical (unpaired) electrons. The zero-order valence-electron chi connectivity index (χ0n) is 8.54. The average Bonchev–Trinajstić information content (AvgIpc) is 2.83. The molecule has 1 heterocycles. The van der Waals surface area contributed by atoms with Crippen molar-refractivity contribution in [1.82, 2.24) is 5.16 Å². The summed E-state index contributed by atoms with van der Waals surface area (Å²) in [5.74, 6) is 0.564. The lowest BCUT2D eigenvalue weighted by molar-refractivity contribution is 0.0724. The smallest absolute Gasteiger partial charge is 0.365 e. The normalized spacial score (nSPS) is 9.81. The maximum Gasteiger partial charge on any atom is 0.365 e. The van der Waals surface area contributed by atoms with E-state index in [1.807, 2.05) is 0 Å². The summed E-state index contributed by atoms with van der Waals surface area (Å²) in [5, 5.41) is 3.47. The minimum Gasteiger partial charge on any atom is -0.497 e. The maximum atomic E-state index is 11.5. The van der Waals surface area contributed by atoms with Gasteiger partial charge in [-0.05, 0) is 24.3 Å². The summed E-state index contributed by atoms with van der Waals surface area (Å²) < 4.78 is 14.6. The first-order valence-electron chi connectivity index (χ1n) is 4.56. The van der Waals surface area contributed by atoms with Gasteiger partial charge in [0.05, 0.1) is 7.11 Å². The van der Waals surface area contributed by atoms with Crippen molar-refractivity contribution in [2.24, 2.45) is 0 Å². The number of methoxy groups -OCH3 is 1. The topological polar surface area (TPSA) is 61.6 Å². The molecule has 0 unspecified atom stereocenters. The summed E-state index contributed by atoms with van der Waals surface area (Å²) in [6, 6.07) is 8.11. The SMILES string of the molecule is COc1ccc(OC(=O)c2ccon2)cc1. The molecule has 0 amide bonds. The van der Waals surface area contributed by atoms with E-state index in [-0.39, 0.29) is 5.69 Å². The average molecular weight is 219 g/mol. The van der Waals surface area contributed by atoms with Crippen LogP contribution in [0.5, 0.6) is 11.5 Å². The third kappa shape index (κ3) is 2.20. The van der Waals surface area contributed by atoms with Crippen molar-refractivity contribution in [1.29, 1.82) is 0 Å². The van der Waals surface area contributed by atoms with Gasteiger partial charge in [-0.25, -0.2) is 4.79 Å². The molecular formula is C11H9NO4. The van der Waals surface area contributed by atoms with Gasteiger partial charge in [-0.2, -0.15) is 0 Å². The summed E-state index contributed by atoms with van der Waals surface area (Å²) in [5.41, 5.74) is 0.135. The number of esters is 1. The standard InChI is InChI=1S/C11H9NO4/c1-14-8-2-4-9(5-3-8)16-11(13)10-6-7-15-12-10/h2-7H,1H3. The second-order valence-corrected chi connectivity index (χ2v) is 2.95. The number of hydrogen-bond acceptors (Lipinski definition) is 5. The Morgan fingerprint density at radius 2 is 1.88 bits per heavy atom. The molecule has 0 saturated carbocycles. The van der Waals surface area contributed by atoms with E-state index in [1.54, 1.807) is 31.4 Å². The Kier molecular flexibility index (Phi) is 2.86. The van der Waals surface area contributed by atoms with E-state index in [0.717, 1.165) is 0 Å². The Labute approximate surface area is 91.6 Å². The summed E-state index contributed by atoms with van der Waals surface area (Å²) >= 11 is 0. The van der Waals surface area contributed by atoms with E-state index in [1.165, 1.54) is 12.3 Å². The number of carbonyl (C=O) groups excluding carboxylic acids is 1. The van der Waals surface area contributed by atoms with E-state index >= 15 is 0 Å². The molecule has 5 nitrogen and oxygen atoms in total. The quantitative estimate of drug-likeness (QED) is 0.582. The molecule has 1 aromatic heterocycles. The summed E-state index contributed by atoms with van der Waals surface area (Å²) in [4.78, 5) is 11.5. The van der Waals surface area contributed by atoms with Crippen LogP contribution in [-0.4, -0.2) is 18.2 Å². The highest BCUT2D eigenvalue weighted by atomic mass is 16.5. The molecule has 0 saturated heterocycles. The molecule has 5 heteroatoms. The maximum absolute atomic E-state index is 11.5. The monoisotopic (exact) mass is 219 g/mol. The number of ether oxygens (including phenoxy) is 2. The Bertz CT molecular complexity index is 461. The zero-order chi connectivity index (χ0) is 11.4. The summed E-state index contributed by atoms with van der Waals surface area (Å²) in [6.45, 7) is 0. The lowest BCUT2D eigenvalue weighted by Gasteiger charge is -2.03. The summed E-state index contributed by atoms with van der Waals surface area (Å²) in [7, 11) is 1.57. The molecular weight excluding hydrogens is 210 g/mol.